The standard InChI is InChI=1S/C15H17FN2O/c1-11-8-13-14(9-16)12(10-17)4-5-15(13)18(11)6-3-7-19-2/h4-5,8H,3,6-7,9H2,1-2H3. The number of methoxy groups -OCH3 is 1. The van der Waals surface area contributed by atoms with Crippen LogP contribution in [0.5, 0.6) is 0 Å². The predicted molar refractivity (Wildman–Crippen MR) is 72.7 cm³/mol. The molecule has 0 aliphatic rings. The fraction of sp³-hybridized carbons (Fsp3) is 0.400. The molecule has 100 valence electrons. The number of aryl methyl sites for hydroxylation is 2. The molecule has 0 bridgehead atoms. The molecule has 1 aromatic heterocycles. The summed E-state index contributed by atoms with van der Waals surface area (Å²) < 4.78 is 20.4. The van der Waals surface area contributed by atoms with Crippen LogP contribution in [0.15, 0.2) is 18.2 Å². The summed E-state index contributed by atoms with van der Waals surface area (Å²) in [5.74, 6) is 0. The first-order valence-electron chi connectivity index (χ1n) is 6.29. The van der Waals surface area contributed by atoms with Crippen LogP contribution in [0.25, 0.3) is 10.9 Å². The van der Waals surface area contributed by atoms with Crippen molar-refractivity contribution >= 4 is 10.9 Å². The third-order valence-electron chi connectivity index (χ3n) is 3.39. The molecule has 1 heterocycles. The first-order valence-corrected chi connectivity index (χ1v) is 6.29. The van der Waals surface area contributed by atoms with Gasteiger partial charge in [0.1, 0.15) is 6.67 Å². The molecule has 0 aliphatic carbocycles. The molecule has 3 nitrogen and oxygen atoms in total. The van der Waals surface area contributed by atoms with Gasteiger partial charge in [-0.05, 0) is 31.5 Å². The van der Waals surface area contributed by atoms with Crippen LogP contribution in [-0.2, 0) is 18.0 Å². The topological polar surface area (TPSA) is 38.0 Å². The Kier molecular flexibility index (Phi) is 4.18. The summed E-state index contributed by atoms with van der Waals surface area (Å²) in [6.45, 7) is 2.93. The second-order valence-corrected chi connectivity index (χ2v) is 4.55. The van der Waals surface area contributed by atoms with Crippen LogP contribution in [0.2, 0.25) is 0 Å². The van der Waals surface area contributed by atoms with Crippen molar-refractivity contribution in [3.8, 4) is 6.07 Å². The van der Waals surface area contributed by atoms with Gasteiger partial charge in [-0.15, -0.1) is 0 Å². The minimum absolute atomic E-state index is 0.420. The largest absolute Gasteiger partial charge is 0.385 e. The maximum Gasteiger partial charge on any atom is 0.116 e. The van der Waals surface area contributed by atoms with Crippen LogP contribution in [0.3, 0.4) is 0 Å². The zero-order valence-electron chi connectivity index (χ0n) is 11.2. The summed E-state index contributed by atoms with van der Waals surface area (Å²) in [6, 6.07) is 7.60. The second kappa shape index (κ2) is 5.85. The molecule has 2 rings (SSSR count). The van der Waals surface area contributed by atoms with Gasteiger partial charge in [0.05, 0.1) is 11.6 Å². The molecule has 0 saturated carbocycles. The smallest absolute Gasteiger partial charge is 0.116 e. The highest BCUT2D eigenvalue weighted by atomic mass is 19.1. The number of nitrogens with zero attached hydrogens (tertiary/aromatic N) is 2. The van der Waals surface area contributed by atoms with Gasteiger partial charge in [0.25, 0.3) is 0 Å². The summed E-state index contributed by atoms with van der Waals surface area (Å²) in [7, 11) is 1.68. The van der Waals surface area contributed by atoms with Gasteiger partial charge < -0.3 is 9.30 Å². The molecule has 19 heavy (non-hydrogen) atoms. The Morgan fingerprint density at radius 3 is 2.84 bits per heavy atom. The van der Waals surface area contributed by atoms with Gasteiger partial charge in [-0.3, -0.25) is 0 Å². The minimum Gasteiger partial charge on any atom is -0.385 e. The third kappa shape index (κ3) is 2.47. The zero-order chi connectivity index (χ0) is 13.8. The summed E-state index contributed by atoms with van der Waals surface area (Å²) in [6.07, 6.45) is 0.909. The first kappa shape index (κ1) is 13.6. The predicted octanol–water partition coefficient (Wildman–Crippen LogP) is 3.33. The van der Waals surface area contributed by atoms with Gasteiger partial charge in [0.15, 0.2) is 0 Å². The molecule has 4 heteroatoms. The van der Waals surface area contributed by atoms with Crippen molar-refractivity contribution < 1.29 is 9.13 Å². The average Bonchev–Trinajstić information content (AvgIpc) is 2.74. The van der Waals surface area contributed by atoms with E-state index in [1.54, 1.807) is 13.2 Å². The number of rotatable bonds is 5. The Labute approximate surface area is 112 Å². The van der Waals surface area contributed by atoms with Crippen molar-refractivity contribution in [2.24, 2.45) is 0 Å². The highest BCUT2D eigenvalue weighted by Crippen LogP contribution is 2.27. The van der Waals surface area contributed by atoms with Gasteiger partial charge in [-0.2, -0.15) is 5.26 Å². The quantitative estimate of drug-likeness (QED) is 0.773. The average molecular weight is 260 g/mol. The van der Waals surface area contributed by atoms with Crippen LogP contribution in [0, 0.1) is 18.3 Å². The minimum atomic E-state index is -0.609. The van der Waals surface area contributed by atoms with E-state index in [1.165, 1.54) is 0 Å². The maximum atomic E-state index is 13.2. The molecule has 0 fully saturated rings. The van der Waals surface area contributed by atoms with Crippen LogP contribution >= 0.6 is 0 Å². The molecule has 0 unspecified atom stereocenters. The number of nitriles is 1. The van der Waals surface area contributed by atoms with E-state index in [9.17, 15) is 4.39 Å². The van der Waals surface area contributed by atoms with Crippen LogP contribution < -0.4 is 0 Å². The van der Waals surface area contributed by atoms with Crippen LogP contribution in [0.4, 0.5) is 4.39 Å². The molecule has 2 aromatic rings. The second-order valence-electron chi connectivity index (χ2n) is 4.55. The van der Waals surface area contributed by atoms with Gasteiger partial charge in [-0.1, -0.05) is 0 Å². The van der Waals surface area contributed by atoms with E-state index < -0.39 is 6.67 Å². The Bertz CT molecular complexity index is 625. The lowest BCUT2D eigenvalue weighted by atomic mass is 10.0. The van der Waals surface area contributed by atoms with Crippen molar-refractivity contribution in [3.05, 3.63) is 35.0 Å². The number of benzene rings is 1. The van der Waals surface area contributed by atoms with Gasteiger partial charge in [-0.25, -0.2) is 4.39 Å². The van der Waals surface area contributed by atoms with Crippen molar-refractivity contribution in [1.82, 2.24) is 4.57 Å². The lowest BCUT2D eigenvalue weighted by Gasteiger charge is -2.08. The molecule has 0 N–H and O–H groups in total. The van der Waals surface area contributed by atoms with E-state index in [0.29, 0.717) is 17.7 Å². The maximum absolute atomic E-state index is 13.2. The summed E-state index contributed by atoms with van der Waals surface area (Å²) >= 11 is 0. The number of fused-ring (bicyclic) bond motifs is 1. The van der Waals surface area contributed by atoms with E-state index in [1.807, 2.05) is 19.1 Å². The number of hydrogen-bond acceptors (Lipinski definition) is 2. The Morgan fingerprint density at radius 2 is 2.21 bits per heavy atom. The van der Waals surface area contributed by atoms with Crippen molar-refractivity contribution in [1.29, 1.82) is 5.26 Å². The number of ether oxygens (including phenoxy) is 1. The van der Waals surface area contributed by atoms with E-state index in [-0.39, 0.29) is 0 Å². The van der Waals surface area contributed by atoms with Gasteiger partial charge >= 0.3 is 0 Å². The normalized spacial score (nSPS) is 10.8. The van der Waals surface area contributed by atoms with Gasteiger partial charge in [0, 0.05) is 42.4 Å². The SMILES string of the molecule is COCCCn1c(C)cc2c(CF)c(C#N)ccc21. The molecule has 0 spiro atoms. The van der Waals surface area contributed by atoms with E-state index in [4.69, 9.17) is 10.00 Å². The molecule has 0 saturated heterocycles. The van der Waals surface area contributed by atoms with Crippen LogP contribution in [0.1, 0.15) is 23.2 Å². The zero-order valence-corrected chi connectivity index (χ0v) is 11.2. The number of hydrogen-bond donors (Lipinski definition) is 0. The number of aromatic nitrogens is 1. The van der Waals surface area contributed by atoms with Gasteiger partial charge in [0.2, 0.25) is 0 Å². The van der Waals surface area contributed by atoms with Crippen molar-refractivity contribution in [2.45, 2.75) is 26.6 Å². The van der Waals surface area contributed by atoms with Crippen molar-refractivity contribution in [3.63, 3.8) is 0 Å². The monoisotopic (exact) mass is 260 g/mol. The molecule has 0 atom stereocenters. The summed E-state index contributed by atoms with van der Waals surface area (Å²) in [5.41, 5.74) is 2.98. The van der Waals surface area contributed by atoms with E-state index in [2.05, 4.69) is 10.6 Å². The molecular weight excluding hydrogens is 243 g/mol. The lowest BCUT2D eigenvalue weighted by Crippen LogP contribution is -2.03. The molecule has 0 amide bonds. The Balaban J connectivity index is 2.50. The van der Waals surface area contributed by atoms with E-state index >= 15 is 0 Å². The highest BCUT2D eigenvalue weighted by molar-refractivity contribution is 5.86. The number of halogens is 1. The third-order valence-corrected chi connectivity index (χ3v) is 3.39. The molecule has 0 radical (unpaired) electrons. The fourth-order valence-electron chi connectivity index (χ4n) is 2.44. The first-order chi connectivity index (χ1) is 9.22. The molecular formula is C15H17FN2O. The van der Waals surface area contributed by atoms with E-state index in [0.717, 1.165) is 29.6 Å². The molecule has 0 aliphatic heterocycles. The summed E-state index contributed by atoms with van der Waals surface area (Å²) in [5, 5.41) is 9.86. The number of alkyl halides is 1. The lowest BCUT2D eigenvalue weighted by molar-refractivity contribution is 0.190. The Morgan fingerprint density at radius 1 is 1.42 bits per heavy atom. The molecule has 1 aromatic carbocycles. The van der Waals surface area contributed by atoms with Crippen molar-refractivity contribution in [2.75, 3.05) is 13.7 Å². The Hall–Kier alpha value is -1.86. The fourth-order valence-corrected chi connectivity index (χ4v) is 2.44. The highest BCUT2D eigenvalue weighted by Gasteiger charge is 2.12. The van der Waals surface area contributed by atoms with Crippen LogP contribution in [-0.4, -0.2) is 18.3 Å². The summed E-state index contributed by atoms with van der Waals surface area (Å²) in [4.78, 5) is 0.